The molecule has 52 heavy (non-hydrogen) atoms. The fourth-order valence-corrected chi connectivity index (χ4v) is 6.43. The number of carbonyl (C=O) groups is 2. The molecule has 1 aromatic carbocycles. The zero-order valence-corrected chi connectivity index (χ0v) is 34.5. The van der Waals surface area contributed by atoms with Crippen LogP contribution in [-0.4, -0.2) is 57.4 Å². The van der Waals surface area contributed by atoms with Gasteiger partial charge in [-0.2, -0.15) is 0 Å². The van der Waals surface area contributed by atoms with Crippen molar-refractivity contribution in [2.75, 3.05) is 40.5 Å². The summed E-state index contributed by atoms with van der Waals surface area (Å²) in [6, 6.07) is 6.13. The number of hydrogen-bond donors (Lipinski definition) is 0. The third-order valence-corrected chi connectivity index (χ3v) is 9.55. The van der Waals surface area contributed by atoms with Crippen LogP contribution in [0.2, 0.25) is 0 Å². The van der Waals surface area contributed by atoms with Crippen LogP contribution in [0.1, 0.15) is 199 Å². The molecule has 7 nitrogen and oxygen atoms in total. The molecule has 0 aliphatic heterocycles. The molecule has 0 radical (unpaired) electrons. The molecule has 7 heteroatoms. The first kappa shape index (κ1) is 47.7. The van der Waals surface area contributed by atoms with Gasteiger partial charge in [0.2, 0.25) is 0 Å². The minimum atomic E-state index is -0.0745. The van der Waals surface area contributed by atoms with Crippen molar-refractivity contribution in [3.05, 3.63) is 23.8 Å². The SMILES string of the molecule is CCCCCCCCCCCCOC(=O)CCCCCOc1cc(CN(C)C)cc(OCCCCCC(=O)OCCCCCCCCCCCC)c1. The number of ether oxygens (including phenoxy) is 4. The second-order valence-corrected chi connectivity index (χ2v) is 15.2. The molecular formula is C45H81NO6. The lowest BCUT2D eigenvalue weighted by Gasteiger charge is -2.15. The van der Waals surface area contributed by atoms with Crippen molar-refractivity contribution in [3.8, 4) is 11.5 Å². The Labute approximate surface area is 320 Å². The van der Waals surface area contributed by atoms with Gasteiger partial charge < -0.3 is 23.8 Å². The Bertz CT molecular complexity index is 899. The Morgan fingerprint density at radius 2 is 0.769 bits per heavy atom. The Hall–Kier alpha value is -2.28. The number of unbranched alkanes of at least 4 members (excludes halogenated alkanes) is 22. The minimum Gasteiger partial charge on any atom is -0.493 e. The summed E-state index contributed by atoms with van der Waals surface area (Å²) in [5.41, 5.74) is 1.15. The summed E-state index contributed by atoms with van der Waals surface area (Å²) < 4.78 is 23.1. The maximum absolute atomic E-state index is 12.1. The monoisotopic (exact) mass is 732 g/mol. The van der Waals surface area contributed by atoms with Crippen molar-refractivity contribution in [2.45, 2.75) is 200 Å². The maximum Gasteiger partial charge on any atom is 0.305 e. The number of rotatable bonds is 38. The number of hydrogen-bond acceptors (Lipinski definition) is 7. The normalized spacial score (nSPS) is 11.2. The number of benzene rings is 1. The van der Waals surface area contributed by atoms with E-state index < -0.39 is 0 Å². The first-order valence-electron chi connectivity index (χ1n) is 21.8. The fraction of sp³-hybridized carbons (Fsp3) is 0.822. The summed E-state index contributed by atoms with van der Waals surface area (Å²) in [7, 11) is 4.11. The van der Waals surface area contributed by atoms with Gasteiger partial charge in [0.1, 0.15) is 11.5 Å². The zero-order valence-electron chi connectivity index (χ0n) is 34.5. The molecule has 0 atom stereocenters. The summed E-state index contributed by atoms with van der Waals surface area (Å²) in [5.74, 6) is 1.48. The molecule has 1 rings (SSSR count). The molecule has 0 aliphatic rings. The topological polar surface area (TPSA) is 74.3 Å². The van der Waals surface area contributed by atoms with Crippen molar-refractivity contribution < 1.29 is 28.5 Å². The molecule has 302 valence electrons. The first-order valence-corrected chi connectivity index (χ1v) is 21.8. The van der Waals surface area contributed by atoms with Gasteiger partial charge in [0.15, 0.2) is 0 Å². The molecule has 0 aliphatic carbocycles. The third kappa shape index (κ3) is 31.3. The van der Waals surface area contributed by atoms with E-state index in [1.54, 1.807) is 0 Å². The number of nitrogens with zero attached hydrogens (tertiary/aromatic N) is 1. The average Bonchev–Trinajstić information content (AvgIpc) is 3.12. The van der Waals surface area contributed by atoms with E-state index in [4.69, 9.17) is 18.9 Å². The molecule has 0 aromatic heterocycles. The number of carbonyl (C=O) groups excluding carboxylic acids is 2. The van der Waals surface area contributed by atoms with Crippen molar-refractivity contribution in [3.63, 3.8) is 0 Å². The quantitative estimate of drug-likeness (QED) is 0.0495. The molecule has 0 fully saturated rings. The largest absolute Gasteiger partial charge is 0.493 e. The second-order valence-electron chi connectivity index (χ2n) is 15.2. The fourth-order valence-electron chi connectivity index (χ4n) is 6.43. The van der Waals surface area contributed by atoms with Crippen LogP contribution in [0.25, 0.3) is 0 Å². The Morgan fingerprint density at radius 3 is 1.13 bits per heavy atom. The van der Waals surface area contributed by atoms with Crippen LogP contribution in [0.15, 0.2) is 18.2 Å². The molecule has 0 saturated carbocycles. The average molecular weight is 732 g/mol. The van der Waals surface area contributed by atoms with Crippen molar-refractivity contribution in [2.24, 2.45) is 0 Å². The lowest BCUT2D eigenvalue weighted by Crippen LogP contribution is -2.11. The van der Waals surface area contributed by atoms with Gasteiger partial charge in [0.05, 0.1) is 26.4 Å². The first-order chi connectivity index (χ1) is 25.4. The van der Waals surface area contributed by atoms with E-state index in [2.05, 4.69) is 45.0 Å². The van der Waals surface area contributed by atoms with E-state index in [9.17, 15) is 9.59 Å². The minimum absolute atomic E-state index is 0.0745. The molecule has 0 saturated heterocycles. The van der Waals surface area contributed by atoms with E-state index in [-0.39, 0.29) is 11.9 Å². The molecule has 0 N–H and O–H groups in total. The Balaban J connectivity index is 2.12. The summed E-state index contributed by atoms with van der Waals surface area (Å²) >= 11 is 0. The van der Waals surface area contributed by atoms with Gasteiger partial charge in [-0.05, 0) is 83.2 Å². The predicted octanol–water partition coefficient (Wildman–Crippen LogP) is 12.6. The lowest BCUT2D eigenvalue weighted by atomic mass is 10.1. The van der Waals surface area contributed by atoms with Crippen molar-refractivity contribution in [1.29, 1.82) is 0 Å². The highest BCUT2D eigenvalue weighted by Crippen LogP contribution is 2.25. The molecule has 0 heterocycles. The third-order valence-electron chi connectivity index (χ3n) is 9.55. The summed E-state index contributed by atoms with van der Waals surface area (Å²) in [4.78, 5) is 26.4. The van der Waals surface area contributed by atoms with Gasteiger partial charge in [-0.3, -0.25) is 9.59 Å². The predicted molar refractivity (Wildman–Crippen MR) is 217 cm³/mol. The molecular weight excluding hydrogens is 650 g/mol. The van der Waals surface area contributed by atoms with Gasteiger partial charge in [0.25, 0.3) is 0 Å². The molecule has 0 amide bonds. The molecule has 0 unspecified atom stereocenters. The number of esters is 2. The summed E-state index contributed by atoms with van der Waals surface area (Å²) in [5, 5.41) is 0. The van der Waals surface area contributed by atoms with Crippen molar-refractivity contribution in [1.82, 2.24) is 4.90 Å². The van der Waals surface area contributed by atoms with Crippen LogP contribution < -0.4 is 9.47 Å². The van der Waals surface area contributed by atoms with Gasteiger partial charge in [-0.25, -0.2) is 0 Å². The molecule has 0 spiro atoms. The van der Waals surface area contributed by atoms with Crippen LogP contribution in [0.4, 0.5) is 0 Å². The Kier molecular flexibility index (Phi) is 32.8. The standard InChI is InChI=1S/C45H81NO6/c1-5-7-9-11-13-15-17-19-21-27-35-51-44(47)31-25-23-29-33-49-42-37-41(40-46(3)4)38-43(39-42)50-34-30-24-26-32-45(48)52-36-28-22-20-18-16-14-12-10-8-6-2/h37-39H,5-36,40H2,1-4H3. The van der Waals surface area contributed by atoms with Crippen molar-refractivity contribution >= 4 is 11.9 Å². The van der Waals surface area contributed by atoms with Crippen LogP contribution in [-0.2, 0) is 25.6 Å². The van der Waals surface area contributed by atoms with Crippen LogP contribution in [0.3, 0.4) is 0 Å². The van der Waals surface area contributed by atoms with E-state index in [0.29, 0.717) is 39.3 Å². The molecule has 1 aromatic rings. The van der Waals surface area contributed by atoms with E-state index in [1.165, 1.54) is 103 Å². The van der Waals surface area contributed by atoms with E-state index in [1.807, 2.05) is 6.07 Å². The molecule has 0 bridgehead atoms. The highest BCUT2D eigenvalue weighted by atomic mass is 16.5. The maximum atomic E-state index is 12.1. The van der Waals surface area contributed by atoms with Gasteiger partial charge in [-0.15, -0.1) is 0 Å². The van der Waals surface area contributed by atoms with E-state index >= 15 is 0 Å². The smallest absolute Gasteiger partial charge is 0.305 e. The van der Waals surface area contributed by atoms with Crippen LogP contribution in [0, 0.1) is 0 Å². The highest BCUT2D eigenvalue weighted by Gasteiger charge is 2.08. The lowest BCUT2D eigenvalue weighted by molar-refractivity contribution is -0.144. The van der Waals surface area contributed by atoms with Crippen LogP contribution >= 0.6 is 0 Å². The summed E-state index contributed by atoms with van der Waals surface area (Å²) in [6.45, 7) is 7.64. The van der Waals surface area contributed by atoms with Gasteiger partial charge in [-0.1, -0.05) is 129 Å². The van der Waals surface area contributed by atoms with Gasteiger partial charge >= 0.3 is 11.9 Å². The van der Waals surface area contributed by atoms with E-state index in [0.717, 1.165) is 87.8 Å². The van der Waals surface area contributed by atoms with Gasteiger partial charge in [0, 0.05) is 25.5 Å². The second kappa shape index (κ2) is 35.7. The van der Waals surface area contributed by atoms with Crippen LogP contribution in [0.5, 0.6) is 11.5 Å². The summed E-state index contributed by atoms with van der Waals surface area (Å²) in [6.07, 6.45) is 31.9. The highest BCUT2D eigenvalue weighted by molar-refractivity contribution is 5.69. The zero-order chi connectivity index (χ0) is 37.7. The Morgan fingerprint density at radius 1 is 0.442 bits per heavy atom.